The first-order valence-electron chi connectivity index (χ1n) is 9.36. The fourth-order valence-corrected chi connectivity index (χ4v) is 3.96. The van der Waals surface area contributed by atoms with Gasteiger partial charge in [-0.3, -0.25) is 14.4 Å². The average molecular weight is 378 g/mol. The van der Waals surface area contributed by atoms with E-state index in [4.69, 9.17) is 5.73 Å². The quantitative estimate of drug-likeness (QED) is 0.670. The lowest BCUT2D eigenvalue weighted by atomic mass is 9.95. The summed E-state index contributed by atoms with van der Waals surface area (Å²) in [4.78, 5) is 41.2. The molecule has 1 aliphatic rings. The zero-order valence-electron chi connectivity index (χ0n) is 15.6. The van der Waals surface area contributed by atoms with E-state index in [1.807, 2.05) is 30.3 Å². The Morgan fingerprint density at radius 1 is 1.14 bits per heavy atom. The Morgan fingerprint density at radius 3 is 2.61 bits per heavy atom. The van der Waals surface area contributed by atoms with E-state index in [9.17, 15) is 14.4 Å². The third-order valence-electron chi connectivity index (χ3n) is 5.42. The van der Waals surface area contributed by atoms with Crippen LogP contribution in [0.1, 0.15) is 28.8 Å². The van der Waals surface area contributed by atoms with Crippen LogP contribution >= 0.6 is 0 Å². The molecule has 7 heteroatoms. The highest BCUT2D eigenvalue weighted by Crippen LogP contribution is 2.27. The minimum atomic E-state index is -0.689. The summed E-state index contributed by atoms with van der Waals surface area (Å²) in [6.45, 7) is 3.20. The van der Waals surface area contributed by atoms with Crippen molar-refractivity contribution < 1.29 is 4.79 Å². The second-order valence-corrected chi connectivity index (χ2v) is 7.13. The molecule has 0 unspecified atom stereocenters. The molecule has 1 amide bonds. The van der Waals surface area contributed by atoms with Gasteiger partial charge in [-0.1, -0.05) is 30.3 Å². The molecule has 0 bridgehead atoms. The highest BCUT2D eigenvalue weighted by Gasteiger charge is 2.34. The first kappa shape index (κ1) is 18.2. The van der Waals surface area contributed by atoms with Gasteiger partial charge in [-0.15, -0.1) is 0 Å². The van der Waals surface area contributed by atoms with Crippen LogP contribution in [0.15, 0.2) is 58.1 Å². The number of carbonyl (C=O) groups is 1. The molecule has 1 fully saturated rings. The molecule has 28 heavy (non-hydrogen) atoms. The second kappa shape index (κ2) is 7.09. The molecule has 7 nitrogen and oxygen atoms in total. The molecule has 2 atom stereocenters. The number of likely N-dealkylation sites (tertiary alicyclic amines) is 1. The highest BCUT2D eigenvalue weighted by molar-refractivity contribution is 5.97. The van der Waals surface area contributed by atoms with Crippen LogP contribution in [0.25, 0.3) is 11.0 Å². The lowest BCUT2D eigenvalue weighted by Crippen LogP contribution is -2.36. The summed E-state index contributed by atoms with van der Waals surface area (Å²) < 4.78 is 1.40. The Morgan fingerprint density at radius 2 is 1.89 bits per heavy atom. The van der Waals surface area contributed by atoms with E-state index in [1.54, 1.807) is 30.0 Å². The fourth-order valence-electron chi connectivity index (χ4n) is 3.96. The van der Waals surface area contributed by atoms with Gasteiger partial charge in [-0.25, -0.2) is 0 Å². The molecule has 2 aromatic carbocycles. The lowest BCUT2D eigenvalue weighted by molar-refractivity contribution is 0.0789. The number of rotatable bonds is 3. The van der Waals surface area contributed by atoms with Crippen LogP contribution in [0, 0.1) is 0 Å². The van der Waals surface area contributed by atoms with Gasteiger partial charge in [-0.05, 0) is 30.7 Å². The van der Waals surface area contributed by atoms with E-state index in [-0.39, 0.29) is 17.9 Å². The standard InChI is InChI=1S/C21H22N4O3/c1-2-25-18-9-8-14(10-17(18)23-19(26)21(25)28)20(27)24-11-15(16(22)12-24)13-6-4-3-5-7-13/h3-10,15-16H,2,11-12,22H2,1H3,(H,23,26)/t15-,16+/m0/s1. The Kier molecular flexibility index (Phi) is 4.60. The minimum absolute atomic E-state index is 0.0932. The van der Waals surface area contributed by atoms with Crippen LogP contribution in [0.3, 0.4) is 0 Å². The molecule has 0 aliphatic carbocycles. The number of nitrogens with two attached hydrogens (primary N) is 1. The predicted octanol–water partition coefficient (Wildman–Crippen LogP) is 1.28. The number of aromatic amines is 1. The Labute approximate surface area is 161 Å². The zero-order valence-corrected chi connectivity index (χ0v) is 15.6. The van der Waals surface area contributed by atoms with Crippen molar-refractivity contribution in [2.75, 3.05) is 13.1 Å². The maximum atomic E-state index is 13.0. The molecule has 4 rings (SSSR count). The smallest absolute Gasteiger partial charge is 0.316 e. The lowest BCUT2D eigenvalue weighted by Gasteiger charge is -2.17. The van der Waals surface area contributed by atoms with Crippen LogP contribution in [-0.2, 0) is 6.54 Å². The summed E-state index contributed by atoms with van der Waals surface area (Å²) in [5.41, 5.74) is 7.68. The van der Waals surface area contributed by atoms with Crippen LogP contribution in [0.4, 0.5) is 0 Å². The first-order chi connectivity index (χ1) is 13.5. The number of benzene rings is 2. The number of hydrogen-bond acceptors (Lipinski definition) is 4. The van der Waals surface area contributed by atoms with Gasteiger partial charge in [0, 0.05) is 37.2 Å². The Hall–Kier alpha value is -3.19. The molecule has 1 aromatic heterocycles. The van der Waals surface area contributed by atoms with Crippen molar-refractivity contribution in [3.05, 3.63) is 80.4 Å². The number of aromatic nitrogens is 2. The topological polar surface area (TPSA) is 101 Å². The van der Waals surface area contributed by atoms with Crippen molar-refractivity contribution in [2.24, 2.45) is 5.73 Å². The van der Waals surface area contributed by atoms with Gasteiger partial charge in [0.15, 0.2) is 0 Å². The number of amides is 1. The zero-order chi connectivity index (χ0) is 19.8. The molecule has 3 N–H and O–H groups in total. The maximum Gasteiger partial charge on any atom is 0.316 e. The van der Waals surface area contributed by atoms with E-state index >= 15 is 0 Å². The van der Waals surface area contributed by atoms with Crippen molar-refractivity contribution in [2.45, 2.75) is 25.4 Å². The first-order valence-corrected chi connectivity index (χ1v) is 9.36. The summed E-state index contributed by atoms with van der Waals surface area (Å²) in [5, 5.41) is 0. The third kappa shape index (κ3) is 3.03. The number of aryl methyl sites for hydroxylation is 1. The predicted molar refractivity (Wildman–Crippen MR) is 108 cm³/mol. The normalized spacial score (nSPS) is 19.3. The van der Waals surface area contributed by atoms with Gasteiger partial charge < -0.3 is 20.2 Å². The molecule has 2 heterocycles. The number of fused-ring (bicyclic) bond motifs is 1. The highest BCUT2D eigenvalue weighted by atomic mass is 16.2. The summed E-state index contributed by atoms with van der Waals surface area (Å²) in [7, 11) is 0. The SMILES string of the molecule is CCn1c(=O)c(=O)[nH]c2cc(C(=O)N3C[C@@H](N)[C@H](c4ccccc4)C3)ccc21. The van der Waals surface area contributed by atoms with Crippen molar-refractivity contribution in [1.82, 2.24) is 14.5 Å². The Balaban J connectivity index is 1.65. The number of hydrogen-bond donors (Lipinski definition) is 2. The molecule has 1 saturated heterocycles. The van der Waals surface area contributed by atoms with E-state index in [1.165, 1.54) is 4.57 Å². The molecule has 0 spiro atoms. The molecule has 144 valence electrons. The van der Waals surface area contributed by atoms with E-state index in [0.29, 0.717) is 36.2 Å². The number of nitrogens with one attached hydrogen (secondary N) is 1. The van der Waals surface area contributed by atoms with Gasteiger partial charge in [-0.2, -0.15) is 0 Å². The minimum Gasteiger partial charge on any atom is -0.336 e. The van der Waals surface area contributed by atoms with Gasteiger partial charge in [0.25, 0.3) is 5.91 Å². The van der Waals surface area contributed by atoms with E-state index < -0.39 is 11.1 Å². The van der Waals surface area contributed by atoms with Crippen LogP contribution in [0.5, 0.6) is 0 Å². The van der Waals surface area contributed by atoms with Crippen molar-refractivity contribution in [3.63, 3.8) is 0 Å². The molecule has 1 aliphatic heterocycles. The summed E-state index contributed by atoms with van der Waals surface area (Å²) in [5.74, 6) is -0.0402. The van der Waals surface area contributed by atoms with Gasteiger partial charge in [0.2, 0.25) is 0 Å². The number of carbonyl (C=O) groups excluding carboxylic acids is 1. The average Bonchev–Trinajstić information content (AvgIpc) is 3.10. The van der Waals surface area contributed by atoms with Crippen molar-refractivity contribution in [3.8, 4) is 0 Å². The molecule has 0 radical (unpaired) electrons. The van der Waals surface area contributed by atoms with Crippen LogP contribution < -0.4 is 16.9 Å². The molecular weight excluding hydrogens is 356 g/mol. The molecule has 0 saturated carbocycles. The van der Waals surface area contributed by atoms with Crippen molar-refractivity contribution in [1.29, 1.82) is 0 Å². The number of nitrogens with zero attached hydrogens (tertiary/aromatic N) is 2. The van der Waals surface area contributed by atoms with E-state index in [0.717, 1.165) is 5.56 Å². The Bertz CT molecular complexity index is 1150. The fraction of sp³-hybridized carbons (Fsp3) is 0.286. The van der Waals surface area contributed by atoms with Gasteiger partial charge >= 0.3 is 11.1 Å². The van der Waals surface area contributed by atoms with Crippen LogP contribution in [-0.4, -0.2) is 39.5 Å². The maximum absolute atomic E-state index is 13.0. The third-order valence-corrected chi connectivity index (χ3v) is 5.42. The van der Waals surface area contributed by atoms with Gasteiger partial charge in [0.1, 0.15) is 0 Å². The summed E-state index contributed by atoms with van der Waals surface area (Å²) >= 11 is 0. The second-order valence-electron chi connectivity index (χ2n) is 7.13. The number of H-pyrrole nitrogens is 1. The van der Waals surface area contributed by atoms with Gasteiger partial charge in [0.05, 0.1) is 11.0 Å². The molecular formula is C21H22N4O3. The monoisotopic (exact) mass is 378 g/mol. The summed E-state index contributed by atoms with van der Waals surface area (Å²) in [6.07, 6.45) is 0. The summed E-state index contributed by atoms with van der Waals surface area (Å²) in [6, 6.07) is 14.9. The van der Waals surface area contributed by atoms with Crippen LogP contribution in [0.2, 0.25) is 0 Å². The van der Waals surface area contributed by atoms with Crippen molar-refractivity contribution >= 4 is 16.9 Å². The largest absolute Gasteiger partial charge is 0.336 e. The molecule has 3 aromatic rings. The van der Waals surface area contributed by atoms with E-state index in [2.05, 4.69) is 4.98 Å².